The number of pyridine rings is 1. The zero-order chi connectivity index (χ0) is 24.8. The summed E-state index contributed by atoms with van der Waals surface area (Å²) in [5.41, 5.74) is 7.70. The van der Waals surface area contributed by atoms with Gasteiger partial charge in [-0.3, -0.25) is 9.99 Å². The van der Waals surface area contributed by atoms with E-state index in [0.29, 0.717) is 6.04 Å². The molecule has 0 bridgehead atoms. The van der Waals surface area contributed by atoms with E-state index < -0.39 is 0 Å². The molecule has 1 fully saturated rings. The van der Waals surface area contributed by atoms with Gasteiger partial charge in [-0.1, -0.05) is 44.9 Å². The molecule has 0 amide bonds. The predicted octanol–water partition coefficient (Wildman–Crippen LogP) is 5.63. The summed E-state index contributed by atoms with van der Waals surface area (Å²) >= 11 is 0. The number of nitrogens with zero attached hydrogens (tertiary/aromatic N) is 3. The van der Waals surface area contributed by atoms with Crippen LogP contribution in [0.15, 0.2) is 41.3 Å². The molecule has 2 aliphatic carbocycles. The van der Waals surface area contributed by atoms with Crippen molar-refractivity contribution in [2.24, 2.45) is 5.10 Å². The van der Waals surface area contributed by atoms with Crippen molar-refractivity contribution in [3.8, 4) is 0 Å². The molecule has 3 N–H and O–H groups in total. The molecule has 6 heteroatoms. The molecule has 0 radical (unpaired) electrons. The van der Waals surface area contributed by atoms with Crippen molar-refractivity contribution in [2.75, 3.05) is 20.1 Å². The van der Waals surface area contributed by atoms with Crippen molar-refractivity contribution >= 4 is 18.0 Å². The minimum atomic E-state index is 0.0435. The standard InChI is InChI=1S/C29H42N6/c1-5-24(26(15-16-31-6-2)34-23-12-8-7-9-13-23)29(30)25-14-10-11-21-17-27(33-20(3)28(21)25)22-18-32-35(4)19-22/h6,10-11,17-18,22-23,25,30-31,34H,2,5,7-9,12-16,19H2,1,3-4H3/b26-24-,30-29?. The van der Waals surface area contributed by atoms with Gasteiger partial charge in [-0.2, -0.15) is 5.10 Å². The lowest BCUT2D eigenvalue weighted by Crippen LogP contribution is -2.33. The van der Waals surface area contributed by atoms with Crippen LogP contribution in [0.2, 0.25) is 0 Å². The summed E-state index contributed by atoms with van der Waals surface area (Å²) in [6.07, 6.45) is 17.2. The quantitative estimate of drug-likeness (QED) is 0.303. The highest BCUT2D eigenvalue weighted by Gasteiger charge is 2.29. The van der Waals surface area contributed by atoms with Crippen molar-refractivity contribution in [1.82, 2.24) is 20.6 Å². The van der Waals surface area contributed by atoms with E-state index in [1.54, 1.807) is 6.20 Å². The lowest BCUT2D eigenvalue weighted by atomic mass is 9.79. The summed E-state index contributed by atoms with van der Waals surface area (Å²) in [5, 5.41) is 22.9. The highest BCUT2D eigenvalue weighted by Crippen LogP contribution is 2.37. The van der Waals surface area contributed by atoms with Gasteiger partial charge in [0.2, 0.25) is 0 Å². The third-order valence-electron chi connectivity index (χ3n) is 7.64. The zero-order valence-electron chi connectivity index (χ0n) is 21.7. The van der Waals surface area contributed by atoms with Crippen molar-refractivity contribution in [2.45, 2.75) is 83.1 Å². The first-order valence-corrected chi connectivity index (χ1v) is 13.4. The molecular weight excluding hydrogens is 432 g/mol. The normalized spacial score (nSPS) is 22.5. The van der Waals surface area contributed by atoms with E-state index in [4.69, 9.17) is 4.98 Å². The molecule has 2 atom stereocenters. The number of hydrogen-bond donors (Lipinski definition) is 3. The van der Waals surface area contributed by atoms with Crippen LogP contribution >= 0.6 is 0 Å². The van der Waals surface area contributed by atoms with Gasteiger partial charge in [0.15, 0.2) is 0 Å². The molecule has 35 heavy (non-hydrogen) atoms. The number of rotatable bonds is 10. The second-order valence-electron chi connectivity index (χ2n) is 10.1. The SMILES string of the molecule is C=CNCC/C(NC1CCCCC1)=C(\CC)C(=N)C1CC=Cc2cc(C3C=NN(C)C3)nc(C)c21. The van der Waals surface area contributed by atoms with Crippen LogP contribution in [0.3, 0.4) is 0 Å². The van der Waals surface area contributed by atoms with Gasteiger partial charge in [0, 0.05) is 61.8 Å². The van der Waals surface area contributed by atoms with Gasteiger partial charge >= 0.3 is 0 Å². The maximum Gasteiger partial charge on any atom is 0.0576 e. The van der Waals surface area contributed by atoms with Crippen LogP contribution in [0, 0.1) is 12.3 Å². The van der Waals surface area contributed by atoms with E-state index in [2.05, 4.69) is 54.4 Å². The molecule has 4 rings (SSSR count). The van der Waals surface area contributed by atoms with Crippen LogP contribution in [0.1, 0.15) is 92.6 Å². The fraction of sp³-hybridized carbons (Fsp3) is 0.552. The fourth-order valence-electron chi connectivity index (χ4n) is 5.85. The molecule has 3 aliphatic rings. The van der Waals surface area contributed by atoms with E-state index in [9.17, 15) is 5.41 Å². The summed E-state index contributed by atoms with van der Waals surface area (Å²) < 4.78 is 0. The number of hydrogen-bond acceptors (Lipinski definition) is 6. The average molecular weight is 475 g/mol. The van der Waals surface area contributed by atoms with Gasteiger partial charge in [-0.15, -0.1) is 0 Å². The van der Waals surface area contributed by atoms with Crippen LogP contribution in [-0.4, -0.2) is 48.1 Å². The maximum atomic E-state index is 9.41. The summed E-state index contributed by atoms with van der Waals surface area (Å²) in [6.45, 7) is 9.81. The Labute approximate surface area is 211 Å². The molecule has 188 valence electrons. The molecule has 0 spiro atoms. The van der Waals surface area contributed by atoms with Crippen molar-refractivity contribution in [3.05, 3.63) is 58.7 Å². The summed E-state index contributed by atoms with van der Waals surface area (Å²) in [5.74, 6) is 0.272. The van der Waals surface area contributed by atoms with Gasteiger partial charge < -0.3 is 16.0 Å². The van der Waals surface area contributed by atoms with Gasteiger partial charge in [0.05, 0.1) is 11.6 Å². The molecule has 2 unspecified atom stereocenters. The molecule has 0 aromatic carbocycles. The molecule has 1 aliphatic heterocycles. The Kier molecular flexibility index (Phi) is 8.42. The van der Waals surface area contributed by atoms with E-state index in [1.165, 1.54) is 54.5 Å². The highest BCUT2D eigenvalue weighted by atomic mass is 15.4. The van der Waals surface area contributed by atoms with Gasteiger partial charge in [-0.25, -0.2) is 0 Å². The summed E-state index contributed by atoms with van der Waals surface area (Å²) in [7, 11) is 2.00. The average Bonchev–Trinajstić information content (AvgIpc) is 3.31. The van der Waals surface area contributed by atoms with E-state index in [-0.39, 0.29) is 11.8 Å². The Hall–Kier alpha value is -2.89. The first-order valence-electron chi connectivity index (χ1n) is 13.4. The first-order chi connectivity index (χ1) is 17.0. The molecule has 1 aromatic rings. The van der Waals surface area contributed by atoms with Crippen LogP contribution in [0.5, 0.6) is 0 Å². The molecular formula is C29H42N6. The highest BCUT2D eigenvalue weighted by molar-refractivity contribution is 6.04. The second kappa shape index (κ2) is 11.7. The Balaban J connectivity index is 1.64. The van der Waals surface area contributed by atoms with E-state index in [1.807, 2.05) is 18.3 Å². The molecule has 1 saturated carbocycles. The third kappa shape index (κ3) is 5.85. The number of allylic oxidation sites excluding steroid dienone is 2. The smallest absolute Gasteiger partial charge is 0.0576 e. The van der Waals surface area contributed by atoms with Gasteiger partial charge in [-0.05, 0) is 61.6 Å². The Morgan fingerprint density at radius 1 is 1.29 bits per heavy atom. The number of hydrazone groups is 1. The number of likely N-dealkylation sites (N-methyl/N-ethyl adjacent to an activating group) is 1. The summed E-state index contributed by atoms with van der Waals surface area (Å²) in [6, 6.07) is 2.74. The number of nitrogens with one attached hydrogen (secondary N) is 3. The Morgan fingerprint density at radius 3 is 2.77 bits per heavy atom. The van der Waals surface area contributed by atoms with Crippen LogP contribution < -0.4 is 10.6 Å². The maximum absolute atomic E-state index is 9.41. The number of aromatic nitrogens is 1. The Bertz CT molecular complexity index is 1010. The summed E-state index contributed by atoms with van der Waals surface area (Å²) in [4.78, 5) is 5.02. The monoisotopic (exact) mass is 474 g/mol. The van der Waals surface area contributed by atoms with Gasteiger partial charge in [0.1, 0.15) is 0 Å². The lowest BCUT2D eigenvalue weighted by molar-refractivity contribution is 0.380. The van der Waals surface area contributed by atoms with Crippen LogP contribution in [0.4, 0.5) is 0 Å². The lowest BCUT2D eigenvalue weighted by Gasteiger charge is -2.30. The van der Waals surface area contributed by atoms with E-state index in [0.717, 1.165) is 49.5 Å². The zero-order valence-corrected chi connectivity index (χ0v) is 21.7. The fourth-order valence-corrected chi connectivity index (χ4v) is 5.85. The van der Waals surface area contributed by atoms with Crippen molar-refractivity contribution < 1.29 is 0 Å². The molecule has 1 aromatic heterocycles. The number of fused-ring (bicyclic) bond motifs is 1. The van der Waals surface area contributed by atoms with Crippen molar-refractivity contribution in [3.63, 3.8) is 0 Å². The van der Waals surface area contributed by atoms with Crippen molar-refractivity contribution in [1.29, 1.82) is 5.41 Å². The largest absolute Gasteiger partial charge is 0.391 e. The minimum Gasteiger partial charge on any atom is -0.391 e. The third-order valence-corrected chi connectivity index (χ3v) is 7.64. The Morgan fingerprint density at radius 2 is 2.09 bits per heavy atom. The first kappa shape index (κ1) is 25.2. The molecule has 2 heterocycles. The van der Waals surface area contributed by atoms with Gasteiger partial charge in [0.25, 0.3) is 0 Å². The molecule has 0 saturated heterocycles. The minimum absolute atomic E-state index is 0.0435. The number of aryl methyl sites for hydroxylation is 1. The molecule has 6 nitrogen and oxygen atoms in total. The second-order valence-corrected chi connectivity index (χ2v) is 10.1. The topological polar surface area (TPSA) is 76.4 Å². The van der Waals surface area contributed by atoms with Crippen LogP contribution in [0.25, 0.3) is 6.08 Å². The van der Waals surface area contributed by atoms with Crippen LogP contribution in [-0.2, 0) is 0 Å². The van der Waals surface area contributed by atoms with E-state index >= 15 is 0 Å². The predicted molar refractivity (Wildman–Crippen MR) is 147 cm³/mol.